The van der Waals surface area contributed by atoms with Crippen LogP contribution in [0.15, 0.2) is 48.5 Å². The normalized spacial score (nSPS) is 20.8. The Morgan fingerprint density at radius 3 is 1.68 bits per heavy atom. The smallest absolute Gasteiger partial charge is 0.234 e. The molecule has 0 amide bonds. The number of hydrogen-bond donors (Lipinski definition) is 0. The standard InChI is InChI=1S/C22H26Cl2N2O5/c23-18-6-4-8-20(12-18)25-14-27-15-26(21-9-5-7-19(24)13-21)17-29-31-22(30-28-16-25)10-2-1-3-11-22/h4-9,12-13H,1-3,10-11,14-17H2. The molecule has 1 aliphatic carbocycles. The van der Waals surface area contributed by atoms with Gasteiger partial charge in [-0.1, -0.05) is 41.8 Å². The van der Waals surface area contributed by atoms with Crippen LogP contribution in [0.1, 0.15) is 32.1 Å². The van der Waals surface area contributed by atoms with Crippen molar-refractivity contribution in [3.05, 3.63) is 58.6 Å². The van der Waals surface area contributed by atoms with Gasteiger partial charge in [0.1, 0.15) is 13.5 Å². The second-order valence-electron chi connectivity index (χ2n) is 7.63. The molecule has 1 heterocycles. The molecule has 0 aromatic heterocycles. The van der Waals surface area contributed by atoms with Gasteiger partial charge < -0.3 is 14.5 Å². The summed E-state index contributed by atoms with van der Waals surface area (Å²) in [5.41, 5.74) is 1.72. The van der Waals surface area contributed by atoms with Crippen molar-refractivity contribution in [2.45, 2.75) is 37.9 Å². The van der Waals surface area contributed by atoms with Crippen molar-refractivity contribution in [1.82, 2.24) is 0 Å². The summed E-state index contributed by atoms with van der Waals surface area (Å²) in [4.78, 5) is 26.5. The molecule has 2 aromatic rings. The summed E-state index contributed by atoms with van der Waals surface area (Å²) >= 11 is 12.4. The maximum absolute atomic E-state index is 6.18. The third-order valence-corrected chi connectivity index (χ3v) is 5.77. The molecule has 1 saturated heterocycles. The van der Waals surface area contributed by atoms with Gasteiger partial charge in [0.15, 0.2) is 13.5 Å². The van der Waals surface area contributed by atoms with Gasteiger partial charge >= 0.3 is 0 Å². The Bertz CT molecular complexity index is 789. The molecule has 2 aromatic carbocycles. The fourth-order valence-corrected chi connectivity index (χ4v) is 4.01. The summed E-state index contributed by atoms with van der Waals surface area (Å²) in [6.07, 6.45) is 4.47. The van der Waals surface area contributed by atoms with Gasteiger partial charge in [-0.3, -0.25) is 0 Å². The lowest BCUT2D eigenvalue weighted by atomic mass is 9.94. The predicted molar refractivity (Wildman–Crippen MR) is 119 cm³/mol. The first-order valence-electron chi connectivity index (χ1n) is 10.3. The summed E-state index contributed by atoms with van der Waals surface area (Å²) in [5, 5.41) is 1.26. The van der Waals surface area contributed by atoms with E-state index in [1.54, 1.807) is 0 Å². The summed E-state index contributed by atoms with van der Waals surface area (Å²) in [7, 11) is 0. The Labute approximate surface area is 192 Å². The first kappa shape index (κ1) is 22.6. The molecule has 168 valence electrons. The number of hydrogen-bond acceptors (Lipinski definition) is 7. The molecule has 7 nitrogen and oxygen atoms in total. The van der Waals surface area contributed by atoms with Gasteiger partial charge in [-0.25, -0.2) is 9.78 Å². The van der Waals surface area contributed by atoms with Crippen molar-refractivity contribution < 1.29 is 24.3 Å². The minimum atomic E-state index is -0.932. The van der Waals surface area contributed by atoms with Crippen LogP contribution in [-0.4, -0.2) is 32.7 Å². The monoisotopic (exact) mass is 468 g/mol. The minimum Gasteiger partial charge on any atom is -0.341 e. The van der Waals surface area contributed by atoms with Gasteiger partial charge in [0.25, 0.3) is 0 Å². The topological polar surface area (TPSA) is 52.6 Å². The Balaban J connectivity index is 1.54. The first-order chi connectivity index (χ1) is 15.1. The highest BCUT2D eigenvalue weighted by Crippen LogP contribution is 2.34. The Morgan fingerprint density at radius 2 is 1.19 bits per heavy atom. The van der Waals surface area contributed by atoms with Gasteiger partial charge in [0.2, 0.25) is 5.79 Å². The van der Waals surface area contributed by atoms with Gasteiger partial charge in [-0.2, -0.15) is 9.78 Å². The van der Waals surface area contributed by atoms with Crippen molar-refractivity contribution in [3.8, 4) is 0 Å². The molecule has 9 heteroatoms. The molecule has 0 radical (unpaired) electrons. The molecule has 0 unspecified atom stereocenters. The maximum atomic E-state index is 6.18. The molecule has 2 fully saturated rings. The van der Waals surface area contributed by atoms with Crippen molar-refractivity contribution in [2.24, 2.45) is 0 Å². The lowest BCUT2D eigenvalue weighted by molar-refractivity contribution is -0.517. The van der Waals surface area contributed by atoms with Crippen LogP contribution >= 0.6 is 23.2 Å². The van der Waals surface area contributed by atoms with Crippen molar-refractivity contribution in [2.75, 3.05) is 36.7 Å². The fraction of sp³-hybridized carbons (Fsp3) is 0.455. The number of rotatable bonds is 2. The largest absolute Gasteiger partial charge is 0.341 e. The van der Waals surface area contributed by atoms with Crippen LogP contribution in [0.25, 0.3) is 0 Å². The Kier molecular flexibility index (Phi) is 7.90. The average molecular weight is 469 g/mol. The number of benzene rings is 2. The third kappa shape index (κ3) is 6.23. The molecule has 0 atom stereocenters. The highest BCUT2D eigenvalue weighted by atomic mass is 35.5. The van der Waals surface area contributed by atoms with E-state index >= 15 is 0 Å². The molecule has 2 aliphatic rings. The van der Waals surface area contributed by atoms with E-state index in [1.807, 2.05) is 58.3 Å². The minimum absolute atomic E-state index is 0.141. The van der Waals surface area contributed by atoms with Crippen LogP contribution in [-0.2, 0) is 24.3 Å². The highest BCUT2D eigenvalue weighted by molar-refractivity contribution is 6.31. The van der Waals surface area contributed by atoms with E-state index in [4.69, 9.17) is 47.5 Å². The molecule has 0 bridgehead atoms. The first-order valence-corrected chi connectivity index (χ1v) is 11.1. The van der Waals surface area contributed by atoms with Gasteiger partial charge in [0, 0.05) is 34.3 Å². The summed E-state index contributed by atoms with van der Waals surface area (Å²) in [6, 6.07) is 15.0. The van der Waals surface area contributed by atoms with Crippen molar-refractivity contribution >= 4 is 34.6 Å². The van der Waals surface area contributed by atoms with Crippen LogP contribution in [0.4, 0.5) is 11.4 Å². The van der Waals surface area contributed by atoms with E-state index in [0.29, 0.717) is 22.9 Å². The van der Waals surface area contributed by atoms with Crippen LogP contribution in [0.2, 0.25) is 10.0 Å². The second-order valence-corrected chi connectivity index (χ2v) is 8.51. The number of ether oxygens (including phenoxy) is 1. The Hall–Kier alpha value is -1.58. The highest BCUT2D eigenvalue weighted by Gasteiger charge is 2.38. The Morgan fingerprint density at radius 1 is 0.677 bits per heavy atom. The van der Waals surface area contributed by atoms with Crippen molar-refractivity contribution in [3.63, 3.8) is 0 Å². The van der Waals surface area contributed by atoms with E-state index in [-0.39, 0.29) is 26.9 Å². The predicted octanol–water partition coefficient (Wildman–Crippen LogP) is 5.72. The molecule has 1 aliphatic heterocycles. The quantitative estimate of drug-likeness (QED) is 0.522. The summed E-state index contributed by atoms with van der Waals surface area (Å²) < 4.78 is 5.95. The zero-order valence-electron chi connectivity index (χ0n) is 17.2. The van der Waals surface area contributed by atoms with E-state index in [1.165, 1.54) is 0 Å². The molecule has 1 saturated carbocycles. The van der Waals surface area contributed by atoms with Crippen LogP contribution in [0, 0.1) is 0 Å². The lowest BCUT2D eigenvalue weighted by Crippen LogP contribution is -2.43. The number of halogens is 2. The molecule has 1 spiro atoms. The van der Waals surface area contributed by atoms with E-state index in [2.05, 4.69) is 0 Å². The zero-order chi connectivity index (χ0) is 21.5. The number of anilines is 2. The maximum Gasteiger partial charge on any atom is 0.234 e. The molecule has 31 heavy (non-hydrogen) atoms. The van der Waals surface area contributed by atoms with E-state index in [0.717, 1.165) is 30.6 Å². The second kappa shape index (κ2) is 10.8. The molecular formula is C22H26Cl2N2O5. The van der Waals surface area contributed by atoms with Gasteiger partial charge in [-0.05, 0) is 49.2 Å². The van der Waals surface area contributed by atoms with Crippen LogP contribution in [0.3, 0.4) is 0 Å². The van der Waals surface area contributed by atoms with Crippen molar-refractivity contribution in [1.29, 1.82) is 0 Å². The molecule has 4 rings (SSSR count). The van der Waals surface area contributed by atoms with E-state index < -0.39 is 5.79 Å². The molecule has 0 N–H and O–H groups in total. The van der Waals surface area contributed by atoms with E-state index in [9.17, 15) is 0 Å². The van der Waals surface area contributed by atoms with Crippen LogP contribution < -0.4 is 9.80 Å². The average Bonchev–Trinajstić information content (AvgIpc) is 2.77. The van der Waals surface area contributed by atoms with Gasteiger partial charge in [0.05, 0.1) is 0 Å². The van der Waals surface area contributed by atoms with Crippen LogP contribution in [0.5, 0.6) is 0 Å². The SMILES string of the molecule is Clc1cccc(N2COCN(c3cccc(Cl)c3)COOC3(CCCCC3)OOC2)c1. The lowest BCUT2D eigenvalue weighted by Gasteiger charge is -2.36. The fourth-order valence-electron chi connectivity index (χ4n) is 3.65. The molecular weight excluding hydrogens is 443 g/mol. The number of nitrogens with zero attached hydrogens (tertiary/aromatic N) is 2. The summed E-state index contributed by atoms with van der Waals surface area (Å²) in [5.74, 6) is -0.932. The zero-order valence-corrected chi connectivity index (χ0v) is 18.7. The third-order valence-electron chi connectivity index (χ3n) is 5.29. The summed E-state index contributed by atoms with van der Waals surface area (Å²) in [6.45, 7) is 0.800. The van der Waals surface area contributed by atoms with Gasteiger partial charge in [-0.15, -0.1) is 0 Å².